The molecule has 2 aromatic heterocycles. The highest BCUT2D eigenvalue weighted by atomic mass is 32.2. The molecule has 3 rings (SSSR count). The van der Waals surface area contributed by atoms with E-state index in [1.54, 1.807) is 12.4 Å². The Hall–Kier alpha value is -3.20. The summed E-state index contributed by atoms with van der Waals surface area (Å²) in [6, 6.07) is 11.4. The highest BCUT2D eigenvalue weighted by Crippen LogP contribution is 2.24. The largest absolute Gasteiger partial charge is 0.346 e. The van der Waals surface area contributed by atoms with Crippen molar-refractivity contribution >= 4 is 29.3 Å². The van der Waals surface area contributed by atoms with Crippen molar-refractivity contribution in [2.45, 2.75) is 38.4 Å². The van der Waals surface area contributed by atoms with Crippen molar-refractivity contribution in [3.63, 3.8) is 0 Å². The minimum absolute atomic E-state index is 0.0820. The summed E-state index contributed by atoms with van der Waals surface area (Å²) < 4.78 is 2.00. The molecule has 2 amide bonds. The topological polar surface area (TPSA) is 102 Å². The third-order valence-corrected chi connectivity index (χ3v) is 5.52. The maximum Gasteiger partial charge on any atom is 0.243 e. The highest BCUT2D eigenvalue weighted by Gasteiger charge is 2.15. The van der Waals surface area contributed by atoms with Gasteiger partial charge in [0, 0.05) is 30.2 Å². The fraction of sp³-hybridized carbons (Fsp3) is 0.318. The van der Waals surface area contributed by atoms with Crippen LogP contribution in [0.5, 0.6) is 0 Å². The molecule has 2 heterocycles. The number of thioether (sulfide) groups is 1. The fourth-order valence-corrected chi connectivity index (χ4v) is 3.83. The van der Waals surface area contributed by atoms with Crippen LogP contribution >= 0.6 is 11.8 Å². The van der Waals surface area contributed by atoms with E-state index in [1.807, 2.05) is 47.9 Å². The summed E-state index contributed by atoms with van der Waals surface area (Å²) in [5, 5.41) is 14.7. The lowest BCUT2D eigenvalue weighted by molar-refractivity contribution is -0.122. The minimum atomic E-state index is -0.256. The average molecular weight is 439 g/mol. The van der Waals surface area contributed by atoms with Crippen LogP contribution in [0.2, 0.25) is 0 Å². The van der Waals surface area contributed by atoms with Gasteiger partial charge >= 0.3 is 0 Å². The zero-order chi connectivity index (χ0) is 22.1. The molecule has 0 spiro atoms. The van der Waals surface area contributed by atoms with Gasteiger partial charge in [-0.25, -0.2) is 0 Å². The molecule has 2 N–H and O–H groups in total. The number of pyridine rings is 1. The van der Waals surface area contributed by atoms with E-state index >= 15 is 0 Å². The number of nitrogens with one attached hydrogen (secondary N) is 2. The summed E-state index contributed by atoms with van der Waals surface area (Å²) in [6.07, 6.45) is 5.16. The average Bonchev–Trinajstić information content (AvgIpc) is 3.20. The number of anilines is 1. The predicted octanol–water partition coefficient (Wildman–Crippen LogP) is 3.16. The number of aromatic nitrogens is 4. The molecule has 0 radical (unpaired) electrons. The lowest BCUT2D eigenvalue weighted by atomic mass is 10.1. The predicted molar refractivity (Wildman–Crippen MR) is 122 cm³/mol. The molecule has 0 unspecified atom stereocenters. The maximum atomic E-state index is 12.3. The van der Waals surface area contributed by atoms with E-state index in [4.69, 9.17) is 0 Å². The fourth-order valence-electron chi connectivity index (χ4n) is 3.04. The van der Waals surface area contributed by atoms with Crippen molar-refractivity contribution in [1.82, 2.24) is 25.1 Å². The highest BCUT2D eigenvalue weighted by molar-refractivity contribution is 7.99. The van der Waals surface area contributed by atoms with Gasteiger partial charge in [0.05, 0.1) is 12.3 Å². The molecule has 31 heavy (non-hydrogen) atoms. The van der Waals surface area contributed by atoms with Crippen molar-refractivity contribution in [2.75, 3.05) is 17.6 Å². The second-order valence-electron chi connectivity index (χ2n) is 6.82. The number of para-hydroxylation sites is 1. The van der Waals surface area contributed by atoms with Crippen molar-refractivity contribution in [2.24, 2.45) is 0 Å². The number of nitrogens with zero attached hydrogens (tertiary/aromatic N) is 4. The molecular weight excluding hydrogens is 412 g/mol. The summed E-state index contributed by atoms with van der Waals surface area (Å²) >= 11 is 1.30. The minimum Gasteiger partial charge on any atom is -0.346 e. The number of carbonyl (C=O) groups excluding carboxylic acids is 2. The molecule has 0 aliphatic heterocycles. The Balaban J connectivity index is 1.54. The van der Waals surface area contributed by atoms with Crippen LogP contribution in [0, 0.1) is 0 Å². The van der Waals surface area contributed by atoms with Gasteiger partial charge in [-0.15, -0.1) is 10.2 Å². The van der Waals surface area contributed by atoms with Crippen LogP contribution in [0.15, 0.2) is 53.9 Å². The number of amides is 2. The molecular formula is C22H26N6O2S. The number of benzene rings is 1. The zero-order valence-corrected chi connectivity index (χ0v) is 18.5. The van der Waals surface area contributed by atoms with Crippen LogP contribution in [-0.2, 0) is 22.6 Å². The molecule has 0 saturated heterocycles. The molecule has 1 aromatic carbocycles. The molecule has 9 heteroatoms. The lowest BCUT2D eigenvalue weighted by Crippen LogP contribution is -2.34. The molecule has 0 atom stereocenters. The van der Waals surface area contributed by atoms with Crippen molar-refractivity contribution in [1.29, 1.82) is 0 Å². The van der Waals surface area contributed by atoms with Crippen LogP contribution in [0.1, 0.15) is 25.8 Å². The number of hydrogen-bond donors (Lipinski definition) is 2. The van der Waals surface area contributed by atoms with Crippen LogP contribution in [0.4, 0.5) is 5.69 Å². The first-order valence-corrected chi connectivity index (χ1v) is 11.2. The quantitative estimate of drug-likeness (QED) is 0.472. The van der Waals surface area contributed by atoms with E-state index < -0.39 is 0 Å². The SMILES string of the molecule is CCCn1c(SCC(=O)NCC(=O)Nc2ccccc2CC)nnc1-c1ccncc1. The van der Waals surface area contributed by atoms with Crippen LogP contribution in [-0.4, -0.2) is 43.9 Å². The molecule has 0 aliphatic carbocycles. The summed E-state index contributed by atoms with van der Waals surface area (Å²) in [7, 11) is 0. The lowest BCUT2D eigenvalue weighted by Gasteiger charge is -2.11. The molecule has 0 saturated carbocycles. The third-order valence-electron chi connectivity index (χ3n) is 4.55. The first-order valence-electron chi connectivity index (χ1n) is 10.2. The summed E-state index contributed by atoms with van der Waals surface area (Å²) in [4.78, 5) is 28.5. The first kappa shape index (κ1) is 22.5. The molecule has 0 aliphatic rings. The maximum absolute atomic E-state index is 12.3. The third kappa shape index (κ3) is 6.14. The van der Waals surface area contributed by atoms with Crippen LogP contribution in [0.25, 0.3) is 11.4 Å². The van der Waals surface area contributed by atoms with Gasteiger partial charge < -0.3 is 15.2 Å². The Morgan fingerprint density at radius 2 is 1.81 bits per heavy atom. The van der Waals surface area contributed by atoms with Gasteiger partial charge in [-0.05, 0) is 36.6 Å². The van der Waals surface area contributed by atoms with Crippen molar-refractivity contribution < 1.29 is 9.59 Å². The Kier molecular flexibility index (Phi) is 8.17. The zero-order valence-electron chi connectivity index (χ0n) is 17.7. The van der Waals surface area contributed by atoms with Crippen LogP contribution < -0.4 is 10.6 Å². The van der Waals surface area contributed by atoms with Gasteiger partial charge in [-0.2, -0.15) is 0 Å². The molecule has 8 nitrogen and oxygen atoms in total. The van der Waals surface area contributed by atoms with Crippen molar-refractivity contribution in [3.8, 4) is 11.4 Å². The van der Waals surface area contributed by atoms with Gasteiger partial charge in [-0.3, -0.25) is 14.6 Å². The number of aryl methyl sites for hydroxylation is 1. The Morgan fingerprint density at radius 1 is 1.03 bits per heavy atom. The summed E-state index contributed by atoms with van der Waals surface area (Å²) in [5.41, 5.74) is 2.75. The van der Waals surface area contributed by atoms with E-state index in [-0.39, 0.29) is 24.1 Å². The van der Waals surface area contributed by atoms with Crippen molar-refractivity contribution in [3.05, 3.63) is 54.4 Å². The van der Waals surface area contributed by atoms with E-state index in [1.165, 1.54) is 11.8 Å². The number of carbonyl (C=O) groups is 2. The van der Waals surface area contributed by atoms with Gasteiger partial charge in [0.15, 0.2) is 11.0 Å². The second kappa shape index (κ2) is 11.3. The van der Waals surface area contributed by atoms with E-state index in [0.29, 0.717) is 5.16 Å². The summed E-state index contributed by atoms with van der Waals surface area (Å²) in [6.45, 7) is 4.77. The first-order chi connectivity index (χ1) is 15.1. The van der Waals surface area contributed by atoms with Gasteiger partial charge in [0.2, 0.25) is 11.8 Å². The van der Waals surface area contributed by atoms with E-state index in [0.717, 1.165) is 42.0 Å². The monoisotopic (exact) mass is 438 g/mol. The van der Waals surface area contributed by atoms with E-state index in [9.17, 15) is 9.59 Å². The smallest absolute Gasteiger partial charge is 0.243 e. The molecule has 3 aromatic rings. The van der Waals surface area contributed by atoms with Gasteiger partial charge in [0.25, 0.3) is 0 Å². The Morgan fingerprint density at radius 3 is 2.55 bits per heavy atom. The Labute approximate surface area is 185 Å². The van der Waals surface area contributed by atoms with Gasteiger partial charge in [0.1, 0.15) is 0 Å². The number of rotatable bonds is 10. The van der Waals surface area contributed by atoms with Crippen LogP contribution in [0.3, 0.4) is 0 Å². The van der Waals surface area contributed by atoms with E-state index in [2.05, 4.69) is 32.7 Å². The molecule has 162 valence electrons. The normalized spacial score (nSPS) is 10.6. The van der Waals surface area contributed by atoms with Gasteiger partial charge in [-0.1, -0.05) is 43.8 Å². The molecule has 0 bridgehead atoms. The molecule has 0 fully saturated rings. The number of hydrogen-bond acceptors (Lipinski definition) is 6. The Bertz CT molecular complexity index is 1020. The summed E-state index contributed by atoms with van der Waals surface area (Å²) in [5.74, 6) is 0.409. The second-order valence-corrected chi connectivity index (χ2v) is 7.76. The standard InChI is InChI=1S/C22H26N6O2S/c1-3-13-28-21(17-9-11-23-12-10-17)26-27-22(28)31-15-20(30)24-14-19(29)25-18-8-6-5-7-16(18)4-2/h5-12H,3-4,13-15H2,1-2H3,(H,24,30)(H,25,29).